The SMILES string of the molecule is COCC1(C(=O)N(C)Cc2ccncc2)CCNCC1.Cl.Cl. The molecule has 2 heterocycles. The van der Waals surface area contributed by atoms with Crippen LogP contribution in [0.15, 0.2) is 24.5 Å². The van der Waals surface area contributed by atoms with Crippen LogP contribution in [0, 0.1) is 5.41 Å². The summed E-state index contributed by atoms with van der Waals surface area (Å²) in [6.07, 6.45) is 5.17. The molecular formula is C15H25Cl2N3O2. The van der Waals surface area contributed by atoms with Crippen molar-refractivity contribution in [2.24, 2.45) is 5.41 Å². The number of piperidine rings is 1. The largest absolute Gasteiger partial charge is 0.384 e. The summed E-state index contributed by atoms with van der Waals surface area (Å²) in [6.45, 7) is 2.85. The van der Waals surface area contributed by atoms with Gasteiger partial charge in [0.15, 0.2) is 0 Å². The van der Waals surface area contributed by atoms with Gasteiger partial charge in [-0.25, -0.2) is 0 Å². The smallest absolute Gasteiger partial charge is 0.231 e. The Balaban J connectivity index is 0.00000220. The lowest BCUT2D eigenvalue weighted by molar-refractivity contribution is -0.146. The number of hydrogen-bond acceptors (Lipinski definition) is 4. The van der Waals surface area contributed by atoms with Gasteiger partial charge in [-0.1, -0.05) is 0 Å². The normalized spacial score (nSPS) is 16.1. The molecule has 1 aromatic heterocycles. The van der Waals surface area contributed by atoms with E-state index in [0.29, 0.717) is 13.2 Å². The second kappa shape index (κ2) is 10.0. The van der Waals surface area contributed by atoms with Crippen LogP contribution in [-0.4, -0.2) is 49.6 Å². The van der Waals surface area contributed by atoms with Crippen molar-refractivity contribution in [3.8, 4) is 0 Å². The van der Waals surface area contributed by atoms with Gasteiger partial charge >= 0.3 is 0 Å². The molecule has 0 unspecified atom stereocenters. The highest BCUT2D eigenvalue weighted by atomic mass is 35.5. The Hall–Kier alpha value is -0.880. The number of aromatic nitrogens is 1. The molecule has 5 nitrogen and oxygen atoms in total. The highest BCUT2D eigenvalue weighted by molar-refractivity contribution is 5.85. The molecule has 1 aliphatic heterocycles. The Morgan fingerprint density at radius 2 is 1.91 bits per heavy atom. The Bertz CT molecular complexity index is 434. The lowest BCUT2D eigenvalue weighted by Crippen LogP contribution is -2.50. The van der Waals surface area contributed by atoms with Crippen molar-refractivity contribution < 1.29 is 9.53 Å². The number of halogens is 2. The van der Waals surface area contributed by atoms with Gasteiger partial charge in [0.2, 0.25) is 5.91 Å². The molecule has 1 aromatic rings. The van der Waals surface area contributed by atoms with Crippen molar-refractivity contribution in [2.45, 2.75) is 19.4 Å². The van der Waals surface area contributed by atoms with Gasteiger partial charge in [0, 0.05) is 33.1 Å². The maximum atomic E-state index is 12.8. The number of pyridine rings is 1. The van der Waals surface area contributed by atoms with Gasteiger partial charge in [0.1, 0.15) is 0 Å². The predicted molar refractivity (Wildman–Crippen MR) is 91.6 cm³/mol. The summed E-state index contributed by atoms with van der Waals surface area (Å²) in [4.78, 5) is 18.6. The van der Waals surface area contributed by atoms with Gasteiger partial charge in [-0.05, 0) is 43.6 Å². The van der Waals surface area contributed by atoms with Crippen molar-refractivity contribution in [3.05, 3.63) is 30.1 Å². The number of rotatable bonds is 5. The van der Waals surface area contributed by atoms with Crippen LogP contribution < -0.4 is 5.32 Å². The van der Waals surface area contributed by atoms with Gasteiger partial charge in [0.25, 0.3) is 0 Å². The quantitative estimate of drug-likeness (QED) is 0.881. The van der Waals surface area contributed by atoms with Crippen LogP contribution >= 0.6 is 24.8 Å². The molecule has 0 saturated carbocycles. The topological polar surface area (TPSA) is 54.5 Å². The zero-order valence-electron chi connectivity index (χ0n) is 13.1. The summed E-state index contributed by atoms with van der Waals surface area (Å²) in [7, 11) is 3.53. The maximum Gasteiger partial charge on any atom is 0.231 e. The number of methoxy groups -OCH3 is 1. The number of carbonyl (C=O) groups excluding carboxylic acids is 1. The summed E-state index contributed by atoms with van der Waals surface area (Å²) in [5, 5.41) is 3.31. The van der Waals surface area contributed by atoms with E-state index in [1.807, 2.05) is 19.2 Å². The first kappa shape index (κ1) is 21.1. The second-order valence-corrected chi connectivity index (χ2v) is 5.48. The molecule has 0 spiro atoms. The molecule has 1 fully saturated rings. The van der Waals surface area contributed by atoms with Crippen molar-refractivity contribution in [1.29, 1.82) is 0 Å². The summed E-state index contributed by atoms with van der Waals surface area (Å²) in [5.74, 6) is 0.178. The molecule has 0 aromatic carbocycles. The molecule has 0 radical (unpaired) electrons. The monoisotopic (exact) mass is 349 g/mol. The van der Waals surface area contributed by atoms with E-state index in [9.17, 15) is 4.79 Å². The van der Waals surface area contributed by atoms with Crippen molar-refractivity contribution in [3.63, 3.8) is 0 Å². The number of carbonyl (C=O) groups is 1. The molecule has 1 amide bonds. The molecule has 1 aliphatic rings. The summed E-state index contributed by atoms with van der Waals surface area (Å²) >= 11 is 0. The van der Waals surface area contributed by atoms with Crippen LogP contribution in [0.2, 0.25) is 0 Å². The maximum absolute atomic E-state index is 12.8. The second-order valence-electron chi connectivity index (χ2n) is 5.48. The lowest BCUT2D eigenvalue weighted by Gasteiger charge is -2.38. The van der Waals surface area contributed by atoms with Gasteiger partial charge in [-0.15, -0.1) is 24.8 Å². The summed E-state index contributed by atoms with van der Waals surface area (Å²) < 4.78 is 5.32. The molecule has 22 heavy (non-hydrogen) atoms. The molecule has 0 aliphatic carbocycles. The molecule has 2 rings (SSSR count). The average molecular weight is 350 g/mol. The Kier molecular flexibility index (Phi) is 9.60. The van der Waals surface area contributed by atoms with E-state index in [4.69, 9.17) is 4.74 Å². The minimum absolute atomic E-state index is 0. The molecule has 7 heteroatoms. The number of nitrogens with zero attached hydrogens (tertiary/aromatic N) is 2. The van der Waals surface area contributed by atoms with Crippen LogP contribution in [0.5, 0.6) is 0 Å². The Morgan fingerprint density at radius 3 is 2.45 bits per heavy atom. The summed E-state index contributed by atoms with van der Waals surface area (Å²) in [6, 6.07) is 3.88. The van der Waals surface area contributed by atoms with Crippen LogP contribution in [0.1, 0.15) is 18.4 Å². The Labute approximate surface area is 144 Å². The van der Waals surface area contributed by atoms with Gasteiger partial charge in [-0.3, -0.25) is 9.78 Å². The van der Waals surface area contributed by atoms with Crippen molar-refractivity contribution in [2.75, 3.05) is 33.9 Å². The zero-order valence-corrected chi connectivity index (χ0v) is 14.7. The van der Waals surface area contributed by atoms with E-state index >= 15 is 0 Å². The molecule has 126 valence electrons. The first-order valence-corrected chi connectivity index (χ1v) is 7.02. The van der Waals surface area contributed by atoms with E-state index in [2.05, 4.69) is 10.3 Å². The predicted octanol–water partition coefficient (Wildman–Crippen LogP) is 1.90. The Morgan fingerprint density at radius 1 is 1.32 bits per heavy atom. The van der Waals surface area contributed by atoms with E-state index < -0.39 is 0 Å². The fourth-order valence-corrected chi connectivity index (χ4v) is 2.84. The molecule has 0 bridgehead atoms. The molecule has 1 saturated heterocycles. The standard InChI is InChI=1S/C15H23N3O2.2ClH/c1-18(11-13-3-7-16-8-4-13)14(19)15(12-20-2)5-9-17-10-6-15;;/h3-4,7-8,17H,5-6,9-12H2,1-2H3;2*1H. The van der Waals surface area contributed by atoms with Crippen LogP contribution in [0.3, 0.4) is 0 Å². The third-order valence-corrected chi connectivity index (χ3v) is 3.95. The number of hydrogen-bond donors (Lipinski definition) is 1. The minimum atomic E-state index is -0.373. The zero-order chi connectivity index (χ0) is 14.4. The highest BCUT2D eigenvalue weighted by Crippen LogP contribution is 2.31. The number of ether oxygens (including phenoxy) is 1. The first-order chi connectivity index (χ1) is 9.68. The highest BCUT2D eigenvalue weighted by Gasteiger charge is 2.41. The van der Waals surface area contributed by atoms with E-state index in [-0.39, 0.29) is 36.1 Å². The van der Waals surface area contributed by atoms with E-state index in [1.165, 1.54) is 0 Å². The molecule has 1 N–H and O–H groups in total. The van der Waals surface area contributed by atoms with Crippen LogP contribution in [-0.2, 0) is 16.1 Å². The minimum Gasteiger partial charge on any atom is -0.384 e. The summed E-state index contributed by atoms with van der Waals surface area (Å²) in [5.41, 5.74) is 0.722. The van der Waals surface area contributed by atoms with E-state index in [0.717, 1.165) is 31.5 Å². The van der Waals surface area contributed by atoms with Crippen molar-refractivity contribution in [1.82, 2.24) is 15.2 Å². The average Bonchev–Trinajstić information content (AvgIpc) is 2.48. The first-order valence-electron chi connectivity index (χ1n) is 7.02. The van der Waals surface area contributed by atoms with Gasteiger partial charge in [-0.2, -0.15) is 0 Å². The molecule has 0 atom stereocenters. The number of nitrogens with one attached hydrogen (secondary N) is 1. The van der Waals surface area contributed by atoms with Crippen LogP contribution in [0.25, 0.3) is 0 Å². The van der Waals surface area contributed by atoms with E-state index in [1.54, 1.807) is 24.4 Å². The third-order valence-electron chi connectivity index (χ3n) is 3.95. The third kappa shape index (κ3) is 5.09. The molecular weight excluding hydrogens is 325 g/mol. The van der Waals surface area contributed by atoms with Gasteiger partial charge < -0.3 is 15.0 Å². The fraction of sp³-hybridized carbons (Fsp3) is 0.600. The van der Waals surface area contributed by atoms with Crippen molar-refractivity contribution >= 4 is 30.7 Å². The fourth-order valence-electron chi connectivity index (χ4n) is 2.84. The van der Waals surface area contributed by atoms with Gasteiger partial charge in [0.05, 0.1) is 12.0 Å². The number of amides is 1. The lowest BCUT2D eigenvalue weighted by atomic mass is 9.78. The van der Waals surface area contributed by atoms with Crippen LogP contribution in [0.4, 0.5) is 0 Å².